The number of hydrogen-bond donors (Lipinski definition) is 1. The van der Waals surface area contributed by atoms with Crippen molar-refractivity contribution in [3.8, 4) is 22.6 Å². The van der Waals surface area contributed by atoms with E-state index in [9.17, 15) is 13.2 Å². The molecule has 0 atom stereocenters. The number of pyridine rings is 1. The molecular weight excluding hydrogens is 473 g/mol. The van der Waals surface area contributed by atoms with Gasteiger partial charge < -0.3 is 9.73 Å². The number of fused-ring (bicyclic) bond motifs is 1. The minimum atomic E-state index is -4.38. The zero-order chi connectivity index (χ0) is 24.4. The van der Waals surface area contributed by atoms with Crippen molar-refractivity contribution in [3.63, 3.8) is 0 Å². The van der Waals surface area contributed by atoms with Gasteiger partial charge in [0.2, 0.25) is 0 Å². The highest BCUT2D eigenvalue weighted by atomic mass is 32.1. The SMILES string of the molecule is Cc1cc2c(NCCCc3ccc(-c4ccc(C(F)(F)F)cn4)cc3)nc(-c3ccoc3)nc2s1. The molecule has 0 aliphatic heterocycles. The van der Waals surface area contributed by atoms with Gasteiger partial charge in [0.15, 0.2) is 5.82 Å². The fourth-order valence-corrected chi connectivity index (χ4v) is 4.65. The van der Waals surface area contributed by atoms with Crippen LogP contribution < -0.4 is 5.32 Å². The van der Waals surface area contributed by atoms with Gasteiger partial charge in [-0.05, 0) is 49.6 Å². The van der Waals surface area contributed by atoms with Crippen LogP contribution in [0.4, 0.5) is 19.0 Å². The second-order valence-corrected chi connectivity index (χ2v) is 9.38. The van der Waals surface area contributed by atoms with Gasteiger partial charge >= 0.3 is 6.18 Å². The smallest absolute Gasteiger partial charge is 0.417 e. The fourth-order valence-electron chi connectivity index (χ4n) is 3.77. The molecule has 0 saturated heterocycles. The van der Waals surface area contributed by atoms with Gasteiger partial charge in [-0.1, -0.05) is 24.3 Å². The van der Waals surface area contributed by atoms with Gasteiger partial charge in [0, 0.05) is 23.2 Å². The normalized spacial score (nSPS) is 11.8. The number of anilines is 1. The van der Waals surface area contributed by atoms with Crippen molar-refractivity contribution in [2.75, 3.05) is 11.9 Å². The Bertz CT molecular complexity index is 1430. The molecule has 9 heteroatoms. The van der Waals surface area contributed by atoms with Crippen molar-refractivity contribution < 1.29 is 17.6 Å². The molecule has 0 spiro atoms. The minimum Gasteiger partial charge on any atom is -0.472 e. The largest absolute Gasteiger partial charge is 0.472 e. The second kappa shape index (κ2) is 9.50. The summed E-state index contributed by atoms with van der Waals surface area (Å²) in [6, 6.07) is 14.1. The number of nitrogens with zero attached hydrogens (tertiary/aromatic N) is 3. The highest BCUT2D eigenvalue weighted by Crippen LogP contribution is 2.32. The number of aromatic nitrogens is 3. The molecule has 0 radical (unpaired) electrons. The maximum atomic E-state index is 12.7. The zero-order valence-corrected chi connectivity index (χ0v) is 19.6. The molecular formula is C26H21F3N4OS. The minimum absolute atomic E-state index is 0.512. The number of hydrogen-bond acceptors (Lipinski definition) is 6. The van der Waals surface area contributed by atoms with Crippen LogP contribution >= 0.6 is 11.3 Å². The average Bonchev–Trinajstić information content (AvgIpc) is 3.51. The number of halogens is 3. The topological polar surface area (TPSA) is 63.8 Å². The van der Waals surface area contributed by atoms with Crippen molar-refractivity contribution in [2.24, 2.45) is 0 Å². The molecule has 0 aliphatic carbocycles. The van der Waals surface area contributed by atoms with E-state index >= 15 is 0 Å². The lowest BCUT2D eigenvalue weighted by atomic mass is 10.0. The van der Waals surface area contributed by atoms with E-state index in [0.29, 0.717) is 11.5 Å². The van der Waals surface area contributed by atoms with Crippen LogP contribution in [0.1, 0.15) is 22.4 Å². The summed E-state index contributed by atoms with van der Waals surface area (Å²) in [6.45, 7) is 2.78. The Labute approximate surface area is 203 Å². The van der Waals surface area contributed by atoms with Gasteiger partial charge in [-0.15, -0.1) is 11.3 Å². The summed E-state index contributed by atoms with van der Waals surface area (Å²) in [6.07, 6.45) is 1.45. The third kappa shape index (κ3) is 5.19. The molecule has 5 aromatic rings. The van der Waals surface area contributed by atoms with Crippen LogP contribution in [0, 0.1) is 6.92 Å². The molecule has 0 fully saturated rings. The Hall–Kier alpha value is -3.72. The first-order chi connectivity index (χ1) is 16.9. The molecule has 0 bridgehead atoms. The van der Waals surface area contributed by atoms with E-state index in [-0.39, 0.29) is 0 Å². The number of furan rings is 1. The molecule has 0 saturated carbocycles. The molecule has 0 unspecified atom stereocenters. The number of benzene rings is 1. The number of aryl methyl sites for hydroxylation is 2. The van der Waals surface area contributed by atoms with Gasteiger partial charge in [-0.25, -0.2) is 9.97 Å². The number of rotatable bonds is 7. The molecule has 0 aliphatic rings. The second-order valence-electron chi connectivity index (χ2n) is 8.14. The molecule has 1 aromatic carbocycles. The van der Waals surface area contributed by atoms with E-state index in [4.69, 9.17) is 9.40 Å². The van der Waals surface area contributed by atoms with Gasteiger partial charge in [0.05, 0.1) is 28.5 Å². The molecule has 1 N–H and O–H groups in total. The van der Waals surface area contributed by atoms with E-state index in [2.05, 4.69) is 28.3 Å². The van der Waals surface area contributed by atoms with Gasteiger partial charge in [-0.3, -0.25) is 4.98 Å². The van der Waals surface area contributed by atoms with Crippen LogP contribution in [0.15, 0.2) is 71.7 Å². The third-order valence-electron chi connectivity index (χ3n) is 5.57. The fraction of sp³-hybridized carbons (Fsp3) is 0.192. The maximum Gasteiger partial charge on any atom is 0.417 e. The lowest BCUT2D eigenvalue weighted by Crippen LogP contribution is -2.06. The number of alkyl halides is 3. The number of thiophene rings is 1. The molecule has 178 valence electrons. The van der Waals surface area contributed by atoms with Crippen molar-refractivity contribution in [1.82, 2.24) is 15.0 Å². The summed E-state index contributed by atoms with van der Waals surface area (Å²) in [5.74, 6) is 1.43. The summed E-state index contributed by atoms with van der Waals surface area (Å²) in [5.41, 5.74) is 2.52. The van der Waals surface area contributed by atoms with Crippen LogP contribution in [0.3, 0.4) is 0 Å². The summed E-state index contributed by atoms with van der Waals surface area (Å²) in [4.78, 5) is 15.5. The maximum absolute atomic E-state index is 12.7. The van der Waals surface area contributed by atoms with Crippen LogP contribution in [-0.4, -0.2) is 21.5 Å². The first-order valence-corrected chi connectivity index (χ1v) is 11.9. The van der Waals surface area contributed by atoms with Crippen LogP contribution in [0.5, 0.6) is 0 Å². The van der Waals surface area contributed by atoms with Crippen molar-refractivity contribution in [1.29, 1.82) is 0 Å². The molecule has 35 heavy (non-hydrogen) atoms. The van der Waals surface area contributed by atoms with Gasteiger partial charge in [0.1, 0.15) is 16.9 Å². The lowest BCUT2D eigenvalue weighted by molar-refractivity contribution is -0.137. The highest BCUT2D eigenvalue weighted by molar-refractivity contribution is 7.18. The van der Waals surface area contributed by atoms with Crippen molar-refractivity contribution in [2.45, 2.75) is 25.9 Å². The van der Waals surface area contributed by atoms with Crippen LogP contribution in [0.25, 0.3) is 32.9 Å². The highest BCUT2D eigenvalue weighted by Gasteiger charge is 2.30. The predicted octanol–water partition coefficient (Wildman–Crippen LogP) is 7.39. The Morgan fingerprint density at radius 1 is 1.00 bits per heavy atom. The van der Waals surface area contributed by atoms with Crippen molar-refractivity contribution in [3.05, 3.63) is 83.3 Å². The third-order valence-corrected chi connectivity index (χ3v) is 6.51. The van der Waals surface area contributed by atoms with Crippen molar-refractivity contribution >= 4 is 27.4 Å². The quantitative estimate of drug-likeness (QED) is 0.239. The summed E-state index contributed by atoms with van der Waals surface area (Å²) in [7, 11) is 0. The monoisotopic (exact) mass is 494 g/mol. The Morgan fingerprint density at radius 2 is 1.83 bits per heavy atom. The lowest BCUT2D eigenvalue weighted by Gasteiger charge is -2.09. The molecule has 0 amide bonds. The van der Waals surface area contributed by atoms with E-state index in [0.717, 1.165) is 64.4 Å². The van der Waals surface area contributed by atoms with Gasteiger partial charge in [0.25, 0.3) is 0 Å². The number of nitrogens with one attached hydrogen (secondary N) is 1. The zero-order valence-electron chi connectivity index (χ0n) is 18.8. The molecule has 5 rings (SSSR count). The summed E-state index contributed by atoms with van der Waals surface area (Å²) in [5, 5.41) is 4.46. The Kier molecular flexibility index (Phi) is 6.25. The standard InChI is InChI=1S/C26H21F3N4OS/c1-16-13-21-24(32-23(33-25(21)35-16)19-10-12-34-15-19)30-11-2-3-17-4-6-18(7-5-17)22-9-8-20(14-31-22)26(27,28)29/h4-10,12-15H,2-3,11H2,1H3,(H,30,32,33). The Morgan fingerprint density at radius 3 is 2.51 bits per heavy atom. The van der Waals surface area contributed by atoms with E-state index in [1.807, 2.05) is 30.3 Å². The van der Waals surface area contributed by atoms with E-state index in [1.54, 1.807) is 23.9 Å². The summed E-state index contributed by atoms with van der Waals surface area (Å²) >= 11 is 1.63. The first kappa shape index (κ1) is 23.0. The predicted molar refractivity (Wildman–Crippen MR) is 131 cm³/mol. The average molecular weight is 495 g/mol. The molecule has 5 nitrogen and oxygen atoms in total. The summed E-state index contributed by atoms with van der Waals surface area (Å²) < 4.78 is 43.4. The van der Waals surface area contributed by atoms with E-state index in [1.165, 1.54) is 10.9 Å². The molecule has 4 heterocycles. The first-order valence-electron chi connectivity index (χ1n) is 11.0. The van der Waals surface area contributed by atoms with Gasteiger partial charge in [-0.2, -0.15) is 13.2 Å². The van der Waals surface area contributed by atoms with E-state index < -0.39 is 11.7 Å². The molecule has 4 aromatic heterocycles. The van der Waals surface area contributed by atoms with Crippen LogP contribution in [-0.2, 0) is 12.6 Å². The van der Waals surface area contributed by atoms with Crippen LogP contribution in [0.2, 0.25) is 0 Å². The Balaban J connectivity index is 1.22.